The third kappa shape index (κ3) is 3.81. The molecule has 0 aromatic heterocycles. The summed E-state index contributed by atoms with van der Waals surface area (Å²) in [5.74, 6) is 0. The summed E-state index contributed by atoms with van der Waals surface area (Å²) in [7, 11) is 0. The van der Waals surface area contributed by atoms with Crippen LogP contribution >= 0.6 is 15.9 Å². The van der Waals surface area contributed by atoms with E-state index in [0.717, 1.165) is 26.1 Å². The molecule has 1 aromatic rings. The van der Waals surface area contributed by atoms with Crippen molar-refractivity contribution < 1.29 is 4.74 Å². The van der Waals surface area contributed by atoms with Gasteiger partial charge in [-0.2, -0.15) is 0 Å². The predicted octanol–water partition coefficient (Wildman–Crippen LogP) is 3.45. The zero-order chi connectivity index (χ0) is 12.8. The first-order valence-corrected chi connectivity index (χ1v) is 7.77. The fourth-order valence-electron chi connectivity index (χ4n) is 2.34. The summed E-state index contributed by atoms with van der Waals surface area (Å²) in [6.45, 7) is 5.02. The van der Waals surface area contributed by atoms with Crippen molar-refractivity contribution in [1.29, 1.82) is 0 Å². The molecule has 18 heavy (non-hydrogen) atoms. The van der Waals surface area contributed by atoms with Crippen molar-refractivity contribution in [1.82, 2.24) is 5.32 Å². The van der Waals surface area contributed by atoms with E-state index in [2.05, 4.69) is 52.4 Å². The van der Waals surface area contributed by atoms with Gasteiger partial charge in [-0.3, -0.25) is 0 Å². The monoisotopic (exact) mass is 311 g/mol. The van der Waals surface area contributed by atoms with Crippen LogP contribution < -0.4 is 5.32 Å². The van der Waals surface area contributed by atoms with Crippen LogP contribution in [0.2, 0.25) is 0 Å². The molecular weight excluding hydrogens is 290 g/mol. The van der Waals surface area contributed by atoms with Crippen LogP contribution in [0.3, 0.4) is 0 Å². The highest BCUT2D eigenvalue weighted by molar-refractivity contribution is 9.09. The van der Waals surface area contributed by atoms with Gasteiger partial charge in [-0.05, 0) is 36.9 Å². The molecular formula is C15H22BrNO. The molecule has 0 radical (unpaired) electrons. The number of rotatable bonds is 6. The van der Waals surface area contributed by atoms with E-state index in [4.69, 9.17) is 4.74 Å². The van der Waals surface area contributed by atoms with E-state index in [9.17, 15) is 0 Å². The molecule has 1 N–H and O–H groups in total. The summed E-state index contributed by atoms with van der Waals surface area (Å²) in [6, 6.07) is 8.63. The molecule has 1 aromatic carbocycles. The number of hydrogen-bond donors (Lipinski definition) is 1. The van der Waals surface area contributed by atoms with E-state index in [0.29, 0.717) is 4.83 Å². The van der Waals surface area contributed by atoms with Gasteiger partial charge in [-0.15, -0.1) is 0 Å². The first-order valence-electron chi connectivity index (χ1n) is 6.85. The number of hydrogen-bond acceptors (Lipinski definition) is 2. The van der Waals surface area contributed by atoms with E-state index in [1.807, 2.05) is 0 Å². The molecule has 3 heteroatoms. The Morgan fingerprint density at radius 2 is 2.28 bits per heavy atom. The smallest absolute Gasteiger partial charge is 0.0952 e. The molecule has 2 rings (SSSR count). The summed E-state index contributed by atoms with van der Waals surface area (Å²) in [4.78, 5) is 0.629. The van der Waals surface area contributed by atoms with Gasteiger partial charge in [-0.1, -0.05) is 47.1 Å². The fraction of sp³-hybridized carbons (Fsp3) is 0.600. The molecule has 2 atom stereocenters. The lowest BCUT2D eigenvalue weighted by Gasteiger charge is -2.26. The van der Waals surface area contributed by atoms with Gasteiger partial charge < -0.3 is 10.1 Å². The molecule has 100 valence electrons. The maximum atomic E-state index is 5.86. The maximum absolute atomic E-state index is 5.86. The molecule has 0 amide bonds. The summed E-state index contributed by atoms with van der Waals surface area (Å²) in [5, 5.41) is 3.51. The van der Waals surface area contributed by atoms with Gasteiger partial charge in [0.25, 0.3) is 0 Å². The largest absolute Gasteiger partial charge is 0.372 e. The van der Waals surface area contributed by atoms with Crippen molar-refractivity contribution >= 4 is 15.9 Å². The summed E-state index contributed by atoms with van der Waals surface area (Å²) in [6.07, 6.45) is 3.63. The Hall–Kier alpha value is -0.380. The molecule has 0 spiro atoms. The van der Waals surface area contributed by atoms with Crippen molar-refractivity contribution in [2.24, 2.45) is 0 Å². The van der Waals surface area contributed by atoms with Crippen LogP contribution in [-0.4, -0.2) is 24.5 Å². The van der Waals surface area contributed by atoms with Gasteiger partial charge >= 0.3 is 0 Å². The Kier molecular flexibility index (Phi) is 5.67. The van der Waals surface area contributed by atoms with E-state index < -0.39 is 0 Å². The van der Waals surface area contributed by atoms with Gasteiger partial charge in [0, 0.05) is 11.4 Å². The molecule has 0 bridgehead atoms. The predicted molar refractivity (Wildman–Crippen MR) is 79.3 cm³/mol. The number of benzene rings is 1. The first-order chi connectivity index (χ1) is 8.81. The number of fused-ring (bicyclic) bond motifs is 1. The number of nitrogens with one attached hydrogen (secondary N) is 1. The van der Waals surface area contributed by atoms with E-state index in [1.165, 1.54) is 24.0 Å². The topological polar surface area (TPSA) is 21.3 Å². The highest BCUT2D eigenvalue weighted by Gasteiger charge is 2.19. The van der Waals surface area contributed by atoms with Crippen LogP contribution in [0.25, 0.3) is 0 Å². The second-order valence-corrected chi connectivity index (χ2v) is 6.10. The Morgan fingerprint density at radius 3 is 3.11 bits per heavy atom. The maximum Gasteiger partial charge on any atom is 0.0952 e. The van der Waals surface area contributed by atoms with Crippen LogP contribution in [0.4, 0.5) is 0 Å². The number of halogens is 1. The van der Waals surface area contributed by atoms with Crippen LogP contribution in [0.5, 0.6) is 0 Å². The number of alkyl halides is 1. The number of ether oxygens (including phenoxy) is 1. The average molecular weight is 312 g/mol. The Morgan fingerprint density at radius 1 is 1.44 bits per heavy atom. The van der Waals surface area contributed by atoms with Crippen molar-refractivity contribution in [2.75, 3.05) is 19.7 Å². The van der Waals surface area contributed by atoms with Crippen molar-refractivity contribution in [2.45, 2.75) is 37.1 Å². The molecule has 2 nitrogen and oxygen atoms in total. The lowest BCUT2D eigenvalue weighted by atomic mass is 9.97. The molecule has 1 aliphatic rings. The van der Waals surface area contributed by atoms with Crippen LogP contribution in [0.1, 0.15) is 37.0 Å². The highest BCUT2D eigenvalue weighted by Crippen LogP contribution is 2.26. The zero-order valence-corrected chi connectivity index (χ0v) is 12.6. The molecule has 1 heterocycles. The minimum atomic E-state index is 0.227. The molecule has 0 saturated heterocycles. The standard InChI is InChI=1S/C15H22BrNO/c1-2-13(16)7-9-17-11-15-14-6-4-3-5-12(14)8-10-18-15/h3-6,13,15,17H,2,7-11H2,1H3. The lowest BCUT2D eigenvalue weighted by Crippen LogP contribution is -2.28. The molecule has 1 aliphatic heterocycles. The minimum Gasteiger partial charge on any atom is -0.372 e. The molecule has 0 aliphatic carbocycles. The molecule has 0 fully saturated rings. The van der Waals surface area contributed by atoms with Crippen molar-refractivity contribution in [3.05, 3.63) is 35.4 Å². The second kappa shape index (κ2) is 7.27. The minimum absolute atomic E-state index is 0.227. The fourth-order valence-corrected chi connectivity index (χ4v) is 2.57. The average Bonchev–Trinajstić information content (AvgIpc) is 2.43. The van der Waals surface area contributed by atoms with Crippen LogP contribution in [0.15, 0.2) is 24.3 Å². The van der Waals surface area contributed by atoms with Gasteiger partial charge in [0.2, 0.25) is 0 Å². The van der Waals surface area contributed by atoms with E-state index in [1.54, 1.807) is 0 Å². The Labute approximate surface area is 118 Å². The van der Waals surface area contributed by atoms with Gasteiger partial charge in [0.15, 0.2) is 0 Å². The van der Waals surface area contributed by atoms with Crippen molar-refractivity contribution in [3.63, 3.8) is 0 Å². The van der Waals surface area contributed by atoms with E-state index in [-0.39, 0.29) is 6.10 Å². The third-order valence-electron chi connectivity index (χ3n) is 3.50. The first kappa shape index (κ1) is 14.0. The normalized spacial score (nSPS) is 20.4. The second-order valence-electron chi connectivity index (χ2n) is 4.81. The third-order valence-corrected chi connectivity index (χ3v) is 4.60. The summed E-state index contributed by atoms with van der Waals surface area (Å²) >= 11 is 3.66. The van der Waals surface area contributed by atoms with Gasteiger partial charge in [0.05, 0.1) is 12.7 Å². The Bertz CT molecular complexity index is 369. The summed E-state index contributed by atoms with van der Waals surface area (Å²) < 4.78 is 5.86. The quantitative estimate of drug-likeness (QED) is 0.642. The molecule has 2 unspecified atom stereocenters. The van der Waals surface area contributed by atoms with E-state index >= 15 is 0 Å². The Balaban J connectivity index is 1.81. The van der Waals surface area contributed by atoms with Gasteiger partial charge in [-0.25, -0.2) is 0 Å². The zero-order valence-electron chi connectivity index (χ0n) is 11.0. The summed E-state index contributed by atoms with van der Waals surface area (Å²) in [5.41, 5.74) is 2.81. The lowest BCUT2D eigenvalue weighted by molar-refractivity contribution is 0.0426. The SMILES string of the molecule is CCC(Br)CCNCC1OCCc2ccccc21. The van der Waals surface area contributed by atoms with Gasteiger partial charge in [0.1, 0.15) is 0 Å². The van der Waals surface area contributed by atoms with Crippen molar-refractivity contribution in [3.8, 4) is 0 Å². The van der Waals surface area contributed by atoms with Crippen LogP contribution in [0, 0.1) is 0 Å². The highest BCUT2D eigenvalue weighted by atomic mass is 79.9. The molecule has 0 saturated carbocycles. The van der Waals surface area contributed by atoms with Crippen LogP contribution in [-0.2, 0) is 11.2 Å².